The lowest BCUT2D eigenvalue weighted by atomic mass is 9.94. The van der Waals surface area contributed by atoms with E-state index in [-0.39, 0.29) is 18.2 Å². The number of rotatable bonds is 8. The molecule has 2 unspecified atom stereocenters. The molecule has 0 saturated carbocycles. The van der Waals surface area contributed by atoms with Crippen LogP contribution >= 0.6 is 0 Å². The van der Waals surface area contributed by atoms with E-state index >= 15 is 0 Å². The van der Waals surface area contributed by atoms with Crippen LogP contribution in [0.15, 0.2) is 24.3 Å². The molecule has 1 aromatic rings. The number of nitrogens with zero attached hydrogens (tertiary/aromatic N) is 1. The van der Waals surface area contributed by atoms with E-state index in [2.05, 4.69) is 30.1 Å². The summed E-state index contributed by atoms with van der Waals surface area (Å²) in [7, 11) is 4.02. The Morgan fingerprint density at radius 3 is 2.48 bits per heavy atom. The monoisotopic (exact) mass is 294 g/mol. The molecule has 1 aromatic carbocycles. The summed E-state index contributed by atoms with van der Waals surface area (Å²) in [6.45, 7) is 8.33. The van der Waals surface area contributed by atoms with Crippen molar-refractivity contribution in [1.29, 1.82) is 0 Å². The molecule has 0 spiro atoms. The largest absolute Gasteiger partial charge is 0.491 e. The predicted molar refractivity (Wildman–Crippen MR) is 89.2 cm³/mol. The highest BCUT2D eigenvalue weighted by Gasteiger charge is 2.27. The van der Waals surface area contributed by atoms with Crippen LogP contribution in [0.5, 0.6) is 5.75 Å². The van der Waals surface area contributed by atoms with E-state index in [4.69, 9.17) is 4.74 Å². The quantitative estimate of drug-likeness (QED) is 0.774. The van der Waals surface area contributed by atoms with Gasteiger partial charge >= 0.3 is 0 Å². The molecule has 0 heterocycles. The maximum absolute atomic E-state index is 9.64. The third kappa shape index (κ3) is 5.94. The van der Waals surface area contributed by atoms with Crippen molar-refractivity contribution >= 4 is 5.69 Å². The minimum Gasteiger partial charge on any atom is -0.491 e. The first-order chi connectivity index (χ1) is 9.75. The van der Waals surface area contributed by atoms with Crippen LogP contribution in [0.1, 0.15) is 34.1 Å². The maximum atomic E-state index is 9.64. The van der Waals surface area contributed by atoms with Gasteiger partial charge in [0, 0.05) is 43.9 Å². The predicted octanol–water partition coefficient (Wildman–Crippen LogP) is 2.66. The lowest BCUT2D eigenvalue weighted by molar-refractivity contribution is 0.104. The highest BCUT2D eigenvalue weighted by Crippen LogP contribution is 2.23. The molecule has 0 radical (unpaired) electrons. The number of aliphatic hydroxyl groups is 1. The third-order valence-electron chi connectivity index (χ3n) is 3.40. The molecule has 2 atom stereocenters. The Labute approximate surface area is 129 Å². The summed E-state index contributed by atoms with van der Waals surface area (Å²) in [6.07, 6.45) is 0.763. The summed E-state index contributed by atoms with van der Waals surface area (Å²) in [5.74, 6) is 0.860. The van der Waals surface area contributed by atoms with E-state index < -0.39 is 0 Å². The molecule has 21 heavy (non-hydrogen) atoms. The fourth-order valence-electron chi connectivity index (χ4n) is 2.61. The summed E-state index contributed by atoms with van der Waals surface area (Å²) >= 11 is 0. The molecule has 0 aliphatic rings. The minimum atomic E-state index is -0.327. The molecule has 0 bridgehead atoms. The number of ether oxygens (including phenoxy) is 1. The van der Waals surface area contributed by atoms with E-state index in [0.29, 0.717) is 6.04 Å². The van der Waals surface area contributed by atoms with Crippen molar-refractivity contribution in [3.63, 3.8) is 0 Å². The van der Waals surface area contributed by atoms with Crippen LogP contribution in [-0.4, -0.2) is 43.5 Å². The fourth-order valence-corrected chi connectivity index (χ4v) is 2.61. The molecule has 0 amide bonds. The van der Waals surface area contributed by atoms with E-state index in [1.807, 2.05) is 46.1 Å². The second-order valence-corrected chi connectivity index (χ2v) is 6.54. The third-order valence-corrected chi connectivity index (χ3v) is 3.40. The van der Waals surface area contributed by atoms with Gasteiger partial charge in [-0.3, -0.25) is 0 Å². The van der Waals surface area contributed by atoms with Crippen molar-refractivity contribution < 1.29 is 9.84 Å². The maximum Gasteiger partial charge on any atom is 0.121 e. The first-order valence-electron chi connectivity index (χ1n) is 7.58. The van der Waals surface area contributed by atoms with Crippen LogP contribution in [0.3, 0.4) is 0 Å². The van der Waals surface area contributed by atoms with Crippen LogP contribution in [0.25, 0.3) is 0 Å². The van der Waals surface area contributed by atoms with Crippen LogP contribution in [0.2, 0.25) is 0 Å². The Bertz CT molecular complexity index is 435. The van der Waals surface area contributed by atoms with Crippen LogP contribution in [-0.2, 0) is 0 Å². The molecule has 4 heteroatoms. The summed E-state index contributed by atoms with van der Waals surface area (Å²) in [4.78, 5) is 2.05. The van der Waals surface area contributed by atoms with E-state index in [9.17, 15) is 5.11 Å². The van der Waals surface area contributed by atoms with Crippen molar-refractivity contribution in [2.75, 3.05) is 25.6 Å². The van der Waals surface area contributed by atoms with E-state index in [1.165, 1.54) is 0 Å². The second kappa shape index (κ2) is 7.66. The first-order valence-corrected chi connectivity index (χ1v) is 7.58. The Morgan fingerprint density at radius 2 is 1.95 bits per heavy atom. The second-order valence-electron chi connectivity index (χ2n) is 6.54. The molecule has 0 fully saturated rings. The van der Waals surface area contributed by atoms with Gasteiger partial charge in [0.25, 0.3) is 0 Å². The average Bonchev–Trinajstić information content (AvgIpc) is 2.37. The van der Waals surface area contributed by atoms with Gasteiger partial charge in [0.2, 0.25) is 0 Å². The molecule has 0 aliphatic carbocycles. The number of anilines is 1. The Hall–Kier alpha value is -1.26. The summed E-state index contributed by atoms with van der Waals surface area (Å²) in [5.41, 5.74) is 0.789. The first kappa shape index (κ1) is 17.8. The van der Waals surface area contributed by atoms with Crippen molar-refractivity contribution in [3.05, 3.63) is 24.3 Å². The normalized spacial score (nSPS) is 15.6. The SMILES string of the molecule is CC(C)NC(C)(CO)CC(C)Oc1cccc(N(C)C)c1. The van der Waals surface area contributed by atoms with Gasteiger partial charge in [-0.05, 0) is 26.0 Å². The van der Waals surface area contributed by atoms with Gasteiger partial charge in [-0.2, -0.15) is 0 Å². The van der Waals surface area contributed by atoms with Crippen molar-refractivity contribution in [3.8, 4) is 5.75 Å². The van der Waals surface area contributed by atoms with E-state index in [1.54, 1.807) is 0 Å². The zero-order chi connectivity index (χ0) is 16.0. The fraction of sp³-hybridized carbons (Fsp3) is 0.647. The number of aliphatic hydroxyl groups excluding tert-OH is 1. The molecule has 0 saturated heterocycles. The van der Waals surface area contributed by atoms with Crippen molar-refractivity contribution in [2.45, 2.75) is 51.8 Å². The Morgan fingerprint density at radius 1 is 1.29 bits per heavy atom. The number of hydrogen-bond donors (Lipinski definition) is 2. The topological polar surface area (TPSA) is 44.7 Å². The minimum absolute atomic E-state index is 0.0193. The van der Waals surface area contributed by atoms with Gasteiger partial charge in [-0.25, -0.2) is 0 Å². The lowest BCUT2D eigenvalue weighted by Crippen LogP contribution is -2.51. The average molecular weight is 294 g/mol. The smallest absolute Gasteiger partial charge is 0.121 e. The van der Waals surface area contributed by atoms with Gasteiger partial charge in [0.15, 0.2) is 0 Å². The van der Waals surface area contributed by atoms with Gasteiger partial charge in [0.05, 0.1) is 12.7 Å². The Kier molecular flexibility index (Phi) is 6.49. The van der Waals surface area contributed by atoms with Gasteiger partial charge in [0.1, 0.15) is 5.75 Å². The van der Waals surface area contributed by atoms with Crippen LogP contribution < -0.4 is 15.0 Å². The molecule has 0 aromatic heterocycles. The summed E-state index contributed by atoms with van der Waals surface area (Å²) in [6, 6.07) is 8.37. The van der Waals surface area contributed by atoms with Gasteiger partial charge in [-0.15, -0.1) is 0 Å². The summed E-state index contributed by atoms with van der Waals surface area (Å²) in [5, 5.41) is 13.1. The van der Waals surface area contributed by atoms with Crippen LogP contribution in [0.4, 0.5) is 5.69 Å². The number of benzene rings is 1. The molecule has 2 N–H and O–H groups in total. The molecule has 120 valence electrons. The zero-order valence-corrected chi connectivity index (χ0v) is 14.2. The van der Waals surface area contributed by atoms with Gasteiger partial charge in [-0.1, -0.05) is 19.9 Å². The lowest BCUT2D eigenvalue weighted by Gasteiger charge is -2.33. The molecule has 0 aliphatic heterocycles. The van der Waals surface area contributed by atoms with Crippen molar-refractivity contribution in [1.82, 2.24) is 5.32 Å². The van der Waals surface area contributed by atoms with E-state index in [0.717, 1.165) is 17.9 Å². The zero-order valence-electron chi connectivity index (χ0n) is 14.2. The standard InChI is InChI=1S/C17H30N2O2/c1-13(2)18-17(4,12-20)11-14(3)21-16-9-7-8-15(10-16)19(5)6/h7-10,13-14,18,20H,11-12H2,1-6H3. The van der Waals surface area contributed by atoms with Gasteiger partial charge < -0.3 is 20.1 Å². The molecular formula is C17H30N2O2. The molecule has 1 rings (SSSR count). The van der Waals surface area contributed by atoms with Crippen molar-refractivity contribution in [2.24, 2.45) is 0 Å². The molecular weight excluding hydrogens is 264 g/mol. The number of nitrogens with one attached hydrogen (secondary N) is 1. The molecule has 4 nitrogen and oxygen atoms in total. The summed E-state index contributed by atoms with van der Waals surface area (Å²) < 4.78 is 6.01. The number of hydrogen-bond acceptors (Lipinski definition) is 4. The van der Waals surface area contributed by atoms with Crippen LogP contribution in [0, 0.1) is 0 Å². The Balaban J connectivity index is 2.68. The highest BCUT2D eigenvalue weighted by atomic mass is 16.5. The highest BCUT2D eigenvalue weighted by molar-refractivity contribution is 5.49.